The number of halogens is 1. The molecule has 11 nitrogen and oxygen atoms in total. The van der Waals surface area contributed by atoms with Crippen LogP contribution >= 0.6 is 11.6 Å². The Labute approximate surface area is 194 Å². The molecule has 0 saturated carbocycles. The molecule has 2 aromatic carbocycles. The average molecular weight is 498 g/mol. The third kappa shape index (κ3) is 6.71. The van der Waals surface area contributed by atoms with Crippen LogP contribution in [0.15, 0.2) is 47.4 Å². The van der Waals surface area contributed by atoms with Gasteiger partial charge in [0.2, 0.25) is 10.0 Å². The summed E-state index contributed by atoms with van der Waals surface area (Å²) in [6, 6.07) is 8.69. The Morgan fingerprint density at radius 3 is 2.58 bits per heavy atom. The summed E-state index contributed by atoms with van der Waals surface area (Å²) in [4.78, 5) is 34.5. The van der Waals surface area contributed by atoms with Crippen LogP contribution in [0.3, 0.4) is 0 Å². The van der Waals surface area contributed by atoms with Gasteiger partial charge in [-0.25, -0.2) is 17.9 Å². The van der Waals surface area contributed by atoms with Gasteiger partial charge in [0.25, 0.3) is 11.6 Å². The predicted octanol–water partition coefficient (Wildman–Crippen LogP) is 2.50. The van der Waals surface area contributed by atoms with Crippen LogP contribution in [0, 0.1) is 10.1 Å². The second-order valence-corrected chi connectivity index (χ2v) is 9.26. The van der Waals surface area contributed by atoms with Gasteiger partial charge in [0, 0.05) is 24.2 Å². The number of amides is 1. The number of benzene rings is 2. The van der Waals surface area contributed by atoms with Crippen molar-refractivity contribution in [2.24, 2.45) is 0 Å². The Kier molecular flexibility index (Phi) is 7.97. The summed E-state index contributed by atoms with van der Waals surface area (Å²) >= 11 is 5.72. The van der Waals surface area contributed by atoms with E-state index in [1.165, 1.54) is 36.4 Å². The highest BCUT2D eigenvalue weighted by atomic mass is 35.5. The minimum atomic E-state index is -3.78. The molecule has 0 aliphatic carbocycles. The van der Waals surface area contributed by atoms with Crippen molar-refractivity contribution in [3.63, 3.8) is 0 Å². The molecule has 1 heterocycles. The molecule has 1 saturated heterocycles. The van der Waals surface area contributed by atoms with E-state index < -0.39 is 39.1 Å². The van der Waals surface area contributed by atoms with Crippen LogP contribution < -0.4 is 10.0 Å². The van der Waals surface area contributed by atoms with E-state index in [9.17, 15) is 28.1 Å². The first-order valence-electron chi connectivity index (χ1n) is 9.78. The number of anilines is 1. The summed E-state index contributed by atoms with van der Waals surface area (Å²) < 4.78 is 37.5. The Balaban J connectivity index is 1.54. The zero-order valence-corrected chi connectivity index (χ0v) is 18.7. The minimum Gasteiger partial charge on any atom is -0.452 e. The molecule has 176 valence electrons. The fraction of sp³-hybridized carbons (Fsp3) is 0.300. The van der Waals surface area contributed by atoms with Crippen LogP contribution in [0.1, 0.15) is 23.2 Å². The third-order valence-electron chi connectivity index (χ3n) is 4.69. The number of carbonyl (C=O) groups is 2. The second-order valence-electron chi connectivity index (χ2n) is 7.05. The lowest BCUT2D eigenvalue weighted by Crippen LogP contribution is -2.31. The summed E-state index contributed by atoms with van der Waals surface area (Å²) in [6.45, 7) is 0.0619. The van der Waals surface area contributed by atoms with Crippen molar-refractivity contribution in [3.05, 3.63) is 63.2 Å². The van der Waals surface area contributed by atoms with Crippen molar-refractivity contribution >= 4 is 44.9 Å². The number of nitro benzene ring substituents is 1. The molecule has 0 bridgehead atoms. The number of hydrogen-bond acceptors (Lipinski definition) is 8. The lowest BCUT2D eigenvalue weighted by molar-refractivity contribution is -0.383. The van der Waals surface area contributed by atoms with Crippen molar-refractivity contribution in [2.75, 3.05) is 25.1 Å². The zero-order valence-electron chi connectivity index (χ0n) is 17.2. The smallest absolute Gasteiger partial charge is 0.338 e. The monoisotopic (exact) mass is 497 g/mol. The molecule has 1 atom stereocenters. The normalized spacial score (nSPS) is 15.7. The number of ether oxygens (including phenoxy) is 2. The molecule has 1 aliphatic rings. The first kappa shape index (κ1) is 24.6. The van der Waals surface area contributed by atoms with Crippen LogP contribution in [0.25, 0.3) is 0 Å². The van der Waals surface area contributed by atoms with Gasteiger partial charge in [0.1, 0.15) is 5.69 Å². The molecule has 0 radical (unpaired) electrons. The molecule has 2 aromatic rings. The predicted molar refractivity (Wildman–Crippen MR) is 118 cm³/mol. The maximum atomic E-state index is 12.4. The van der Waals surface area contributed by atoms with Crippen molar-refractivity contribution in [2.45, 2.75) is 23.8 Å². The molecule has 0 aromatic heterocycles. The Bertz CT molecular complexity index is 1150. The van der Waals surface area contributed by atoms with Crippen LogP contribution in [0.4, 0.5) is 11.4 Å². The number of carbonyl (C=O) groups excluding carboxylic acids is 2. The van der Waals surface area contributed by atoms with Gasteiger partial charge >= 0.3 is 5.97 Å². The Hall–Kier alpha value is -3.06. The Morgan fingerprint density at radius 2 is 1.94 bits per heavy atom. The molecule has 2 N–H and O–H groups in total. The number of hydrogen-bond donors (Lipinski definition) is 2. The number of rotatable bonds is 9. The first-order chi connectivity index (χ1) is 15.7. The van der Waals surface area contributed by atoms with Crippen molar-refractivity contribution in [1.82, 2.24) is 4.72 Å². The topological polar surface area (TPSA) is 154 Å². The highest BCUT2D eigenvalue weighted by molar-refractivity contribution is 7.89. The van der Waals surface area contributed by atoms with E-state index in [4.69, 9.17) is 21.1 Å². The molecular weight excluding hydrogens is 478 g/mol. The van der Waals surface area contributed by atoms with E-state index >= 15 is 0 Å². The van der Waals surface area contributed by atoms with Crippen LogP contribution in [-0.4, -0.2) is 51.1 Å². The van der Waals surface area contributed by atoms with E-state index in [0.717, 1.165) is 18.9 Å². The lowest BCUT2D eigenvalue weighted by atomic mass is 10.2. The van der Waals surface area contributed by atoms with Crippen molar-refractivity contribution in [3.8, 4) is 0 Å². The van der Waals surface area contributed by atoms with E-state index in [1.54, 1.807) is 0 Å². The Morgan fingerprint density at radius 1 is 1.21 bits per heavy atom. The van der Waals surface area contributed by atoms with E-state index in [-0.39, 0.29) is 33.8 Å². The molecule has 0 spiro atoms. The average Bonchev–Trinajstić information content (AvgIpc) is 3.31. The molecule has 1 fully saturated rings. The molecule has 13 heteroatoms. The van der Waals surface area contributed by atoms with Crippen molar-refractivity contribution in [1.29, 1.82) is 0 Å². The van der Waals surface area contributed by atoms with Gasteiger partial charge in [-0.1, -0.05) is 11.6 Å². The van der Waals surface area contributed by atoms with Crippen LogP contribution in [0.5, 0.6) is 0 Å². The fourth-order valence-electron chi connectivity index (χ4n) is 3.02. The quantitative estimate of drug-likeness (QED) is 0.304. The second kappa shape index (κ2) is 10.7. The fourth-order valence-corrected chi connectivity index (χ4v) is 4.26. The molecule has 1 aliphatic heterocycles. The summed E-state index contributed by atoms with van der Waals surface area (Å²) in [7, 11) is -3.78. The van der Waals surface area contributed by atoms with E-state index in [2.05, 4.69) is 10.0 Å². The van der Waals surface area contributed by atoms with Gasteiger partial charge < -0.3 is 14.8 Å². The first-order valence-corrected chi connectivity index (χ1v) is 11.6. The van der Waals surface area contributed by atoms with E-state index in [1.807, 2.05) is 0 Å². The SMILES string of the molecule is O=C(COC(=O)c1ccc(S(=O)(=O)NCC2CCCO2)cc1)Nc1ccc(Cl)cc1[N+](=O)[O-]. The van der Waals surface area contributed by atoms with Gasteiger partial charge in [-0.15, -0.1) is 0 Å². The largest absolute Gasteiger partial charge is 0.452 e. The number of nitrogens with zero attached hydrogens (tertiary/aromatic N) is 1. The standard InChI is InChI=1S/C20H20ClN3O8S/c21-14-5-8-17(18(10-14)24(27)28)23-19(25)12-32-20(26)13-3-6-16(7-4-13)33(29,30)22-11-15-2-1-9-31-15/h3-8,10,15,22H,1-2,9,11-12H2,(H,23,25). The van der Waals surface area contributed by atoms with E-state index in [0.29, 0.717) is 6.61 Å². The summed E-state index contributed by atoms with van der Waals surface area (Å²) in [5.41, 5.74) is -0.485. The highest BCUT2D eigenvalue weighted by Crippen LogP contribution is 2.27. The summed E-state index contributed by atoms with van der Waals surface area (Å²) in [5, 5.41) is 13.5. The molecule has 1 amide bonds. The maximum Gasteiger partial charge on any atom is 0.338 e. The molecular formula is C20H20ClN3O8S. The number of nitro groups is 1. The molecule has 3 rings (SSSR count). The number of sulfonamides is 1. The third-order valence-corrected chi connectivity index (χ3v) is 6.36. The lowest BCUT2D eigenvalue weighted by Gasteiger charge is -2.11. The zero-order chi connectivity index (χ0) is 24.0. The highest BCUT2D eigenvalue weighted by Gasteiger charge is 2.21. The summed E-state index contributed by atoms with van der Waals surface area (Å²) in [5.74, 6) is -1.67. The van der Waals surface area contributed by atoms with Gasteiger partial charge in [-0.05, 0) is 49.2 Å². The van der Waals surface area contributed by atoms with Gasteiger partial charge in [-0.3, -0.25) is 14.9 Å². The van der Waals surface area contributed by atoms with Crippen LogP contribution in [0.2, 0.25) is 5.02 Å². The minimum absolute atomic E-state index is 0.0262. The van der Waals surface area contributed by atoms with Gasteiger partial charge in [-0.2, -0.15) is 0 Å². The molecule has 1 unspecified atom stereocenters. The maximum absolute atomic E-state index is 12.4. The van der Waals surface area contributed by atoms with Gasteiger partial charge in [0.15, 0.2) is 6.61 Å². The number of esters is 1. The molecule has 33 heavy (non-hydrogen) atoms. The van der Waals surface area contributed by atoms with Crippen LogP contribution in [-0.2, 0) is 24.3 Å². The van der Waals surface area contributed by atoms with Crippen molar-refractivity contribution < 1.29 is 32.4 Å². The van der Waals surface area contributed by atoms with Gasteiger partial charge in [0.05, 0.1) is 21.5 Å². The number of nitrogens with one attached hydrogen (secondary N) is 2. The summed E-state index contributed by atoms with van der Waals surface area (Å²) in [6.07, 6.45) is 1.51.